The molecule has 1 unspecified atom stereocenters. The van der Waals surface area contributed by atoms with Gasteiger partial charge in [0.15, 0.2) is 0 Å². The van der Waals surface area contributed by atoms with Crippen LogP contribution in [0.3, 0.4) is 0 Å². The zero-order valence-electron chi connectivity index (χ0n) is 15.0. The lowest BCUT2D eigenvalue weighted by atomic mass is 9.94. The Balaban J connectivity index is 2.03. The number of aromatic nitrogens is 1. The van der Waals surface area contributed by atoms with Gasteiger partial charge in [0.1, 0.15) is 17.5 Å². The highest BCUT2D eigenvalue weighted by atomic mass is 19.1. The summed E-state index contributed by atoms with van der Waals surface area (Å²) in [5.74, 6) is -2.89. The summed E-state index contributed by atoms with van der Waals surface area (Å²) in [7, 11) is 1.71. The Bertz CT molecular complexity index is 1000. The van der Waals surface area contributed by atoms with Crippen LogP contribution in [0.15, 0.2) is 54.7 Å². The molecule has 3 aromatic rings. The van der Waals surface area contributed by atoms with E-state index in [9.17, 15) is 18.0 Å². The second-order valence-electron chi connectivity index (χ2n) is 6.32. The molecule has 1 atom stereocenters. The van der Waals surface area contributed by atoms with Gasteiger partial charge in [-0.3, -0.25) is 9.78 Å². The smallest absolute Gasteiger partial charge is 0.251 e. The van der Waals surface area contributed by atoms with Crippen molar-refractivity contribution in [1.29, 1.82) is 0 Å². The highest BCUT2D eigenvalue weighted by Gasteiger charge is 2.19. The monoisotopic (exact) mass is 385 g/mol. The Hall–Kier alpha value is -3.19. The number of carbonyl (C=O) groups is 1. The van der Waals surface area contributed by atoms with E-state index in [1.807, 2.05) is 0 Å². The van der Waals surface area contributed by atoms with Crippen molar-refractivity contribution in [2.24, 2.45) is 5.73 Å². The molecular formula is C21H18F3N3O. The lowest BCUT2D eigenvalue weighted by Gasteiger charge is -2.19. The summed E-state index contributed by atoms with van der Waals surface area (Å²) in [5.41, 5.74) is 7.29. The Morgan fingerprint density at radius 2 is 1.82 bits per heavy atom. The number of nitrogens with two attached hydrogens (primary N) is 1. The van der Waals surface area contributed by atoms with Gasteiger partial charge < -0.3 is 11.1 Å². The van der Waals surface area contributed by atoms with Gasteiger partial charge in [0, 0.05) is 17.8 Å². The van der Waals surface area contributed by atoms with Crippen LogP contribution in [-0.2, 0) is 6.42 Å². The number of rotatable bonds is 6. The molecule has 1 heterocycles. The maximum atomic E-state index is 13.8. The Morgan fingerprint density at radius 1 is 1.11 bits per heavy atom. The van der Waals surface area contributed by atoms with Crippen molar-refractivity contribution in [3.05, 3.63) is 89.0 Å². The SMILES string of the molecule is CNC(Cc1cc(F)cc(F)c1)c1ncccc1-c1ccc(F)c(C(N)=O)c1. The first kappa shape index (κ1) is 19.6. The minimum absolute atomic E-state index is 0.222. The highest BCUT2D eigenvalue weighted by Crippen LogP contribution is 2.30. The first-order chi connectivity index (χ1) is 13.4. The number of likely N-dealkylation sites (N-methyl/N-ethyl adjacent to an activating group) is 1. The number of primary amides is 1. The molecule has 3 rings (SSSR count). The summed E-state index contributed by atoms with van der Waals surface area (Å²) in [6.07, 6.45) is 1.87. The summed E-state index contributed by atoms with van der Waals surface area (Å²) in [6, 6.07) is 10.5. The van der Waals surface area contributed by atoms with Gasteiger partial charge in [-0.15, -0.1) is 0 Å². The van der Waals surface area contributed by atoms with Crippen LogP contribution in [0.2, 0.25) is 0 Å². The summed E-state index contributed by atoms with van der Waals surface area (Å²) in [5, 5.41) is 3.09. The van der Waals surface area contributed by atoms with Crippen molar-refractivity contribution >= 4 is 5.91 Å². The van der Waals surface area contributed by atoms with Gasteiger partial charge >= 0.3 is 0 Å². The molecule has 0 fully saturated rings. The molecule has 0 aliphatic carbocycles. The van der Waals surface area contributed by atoms with Gasteiger partial charge in [-0.25, -0.2) is 13.2 Å². The van der Waals surface area contributed by atoms with E-state index in [0.29, 0.717) is 22.4 Å². The van der Waals surface area contributed by atoms with E-state index in [1.165, 1.54) is 30.3 Å². The molecular weight excluding hydrogens is 367 g/mol. The van der Waals surface area contributed by atoms with E-state index >= 15 is 0 Å². The van der Waals surface area contributed by atoms with Gasteiger partial charge in [-0.05, 0) is 54.9 Å². The molecule has 3 N–H and O–H groups in total. The quantitative estimate of drug-likeness (QED) is 0.679. The molecule has 0 radical (unpaired) electrons. The van der Waals surface area contributed by atoms with Gasteiger partial charge in [-0.1, -0.05) is 12.1 Å². The molecule has 4 nitrogen and oxygen atoms in total. The zero-order chi connectivity index (χ0) is 20.3. The van der Waals surface area contributed by atoms with Crippen LogP contribution < -0.4 is 11.1 Å². The summed E-state index contributed by atoms with van der Waals surface area (Å²) < 4.78 is 40.9. The number of halogens is 3. The van der Waals surface area contributed by atoms with Crippen molar-refractivity contribution in [2.75, 3.05) is 7.05 Å². The van der Waals surface area contributed by atoms with Crippen molar-refractivity contribution in [3.8, 4) is 11.1 Å². The number of hydrogen-bond acceptors (Lipinski definition) is 3. The number of nitrogens with zero attached hydrogens (tertiary/aromatic N) is 1. The topological polar surface area (TPSA) is 68.0 Å². The van der Waals surface area contributed by atoms with Crippen molar-refractivity contribution in [3.63, 3.8) is 0 Å². The minimum Gasteiger partial charge on any atom is -0.366 e. The van der Waals surface area contributed by atoms with Crippen LogP contribution in [0.25, 0.3) is 11.1 Å². The van der Waals surface area contributed by atoms with Gasteiger partial charge in [0.25, 0.3) is 5.91 Å². The summed E-state index contributed by atoms with van der Waals surface area (Å²) in [6.45, 7) is 0. The summed E-state index contributed by atoms with van der Waals surface area (Å²) >= 11 is 0. The molecule has 0 spiro atoms. The standard InChI is InChI=1S/C21H18F3N3O/c1-26-19(9-12-7-14(22)11-15(23)8-12)20-16(3-2-6-27-20)13-4-5-18(24)17(10-13)21(25)28/h2-8,10-11,19,26H,9H2,1H3,(H2,25,28). The van der Waals surface area contributed by atoms with Crippen LogP contribution in [0.4, 0.5) is 13.2 Å². The Kier molecular flexibility index (Phi) is 5.75. The van der Waals surface area contributed by atoms with Crippen molar-refractivity contribution < 1.29 is 18.0 Å². The first-order valence-electron chi connectivity index (χ1n) is 8.56. The average molecular weight is 385 g/mol. The van der Waals surface area contributed by atoms with Gasteiger partial charge in [0.2, 0.25) is 0 Å². The predicted octanol–water partition coefficient (Wildman–Crippen LogP) is 3.77. The molecule has 1 amide bonds. The highest BCUT2D eigenvalue weighted by molar-refractivity contribution is 5.94. The number of nitrogens with one attached hydrogen (secondary N) is 1. The second-order valence-corrected chi connectivity index (χ2v) is 6.32. The normalized spacial score (nSPS) is 12.0. The van der Waals surface area contributed by atoms with E-state index in [4.69, 9.17) is 5.73 Å². The Labute approximate surface area is 160 Å². The number of carbonyl (C=O) groups excluding carboxylic acids is 1. The summed E-state index contributed by atoms with van der Waals surface area (Å²) in [4.78, 5) is 15.9. The zero-order valence-corrected chi connectivity index (χ0v) is 15.0. The number of hydrogen-bond donors (Lipinski definition) is 2. The number of benzene rings is 2. The lowest BCUT2D eigenvalue weighted by Crippen LogP contribution is -2.21. The van der Waals surface area contributed by atoms with E-state index in [1.54, 1.807) is 25.4 Å². The Morgan fingerprint density at radius 3 is 2.46 bits per heavy atom. The molecule has 0 saturated carbocycles. The van der Waals surface area contributed by atoms with Gasteiger partial charge in [-0.2, -0.15) is 0 Å². The molecule has 0 bridgehead atoms. The van der Waals surface area contributed by atoms with E-state index < -0.39 is 23.4 Å². The fourth-order valence-electron chi connectivity index (χ4n) is 3.12. The third kappa shape index (κ3) is 4.20. The van der Waals surface area contributed by atoms with Crippen molar-refractivity contribution in [2.45, 2.75) is 12.5 Å². The predicted molar refractivity (Wildman–Crippen MR) is 100 cm³/mol. The molecule has 1 aromatic heterocycles. The molecule has 0 aliphatic rings. The van der Waals surface area contributed by atoms with Crippen LogP contribution in [0.1, 0.15) is 27.7 Å². The minimum atomic E-state index is -0.870. The fourth-order valence-corrected chi connectivity index (χ4v) is 3.12. The van der Waals surface area contributed by atoms with Crippen LogP contribution in [0.5, 0.6) is 0 Å². The van der Waals surface area contributed by atoms with E-state index in [2.05, 4.69) is 10.3 Å². The van der Waals surface area contributed by atoms with Gasteiger partial charge in [0.05, 0.1) is 17.3 Å². The van der Waals surface area contributed by atoms with E-state index in [0.717, 1.165) is 6.07 Å². The molecule has 0 saturated heterocycles. The molecule has 28 heavy (non-hydrogen) atoms. The largest absolute Gasteiger partial charge is 0.366 e. The second kappa shape index (κ2) is 8.22. The fraction of sp³-hybridized carbons (Fsp3) is 0.143. The molecule has 144 valence electrons. The first-order valence-corrected chi connectivity index (χ1v) is 8.56. The average Bonchev–Trinajstić information content (AvgIpc) is 2.65. The number of amides is 1. The maximum absolute atomic E-state index is 13.8. The maximum Gasteiger partial charge on any atom is 0.251 e. The van der Waals surface area contributed by atoms with Crippen LogP contribution in [-0.4, -0.2) is 17.9 Å². The molecule has 7 heteroatoms. The molecule has 0 aliphatic heterocycles. The third-order valence-electron chi connectivity index (χ3n) is 4.42. The molecule has 2 aromatic carbocycles. The lowest BCUT2D eigenvalue weighted by molar-refractivity contribution is 0.0996. The number of pyridine rings is 1. The van der Waals surface area contributed by atoms with Crippen LogP contribution >= 0.6 is 0 Å². The van der Waals surface area contributed by atoms with Crippen LogP contribution in [0, 0.1) is 17.5 Å². The van der Waals surface area contributed by atoms with E-state index in [-0.39, 0.29) is 18.0 Å². The van der Waals surface area contributed by atoms with Crippen molar-refractivity contribution in [1.82, 2.24) is 10.3 Å². The third-order valence-corrected chi connectivity index (χ3v) is 4.42.